The molecule has 1 aromatic rings. The number of benzene rings is 1. The first-order chi connectivity index (χ1) is 16.8. The molecule has 0 atom stereocenters. The highest BCUT2D eigenvalue weighted by molar-refractivity contribution is 5.79. The van der Waals surface area contributed by atoms with E-state index in [2.05, 4.69) is 17.0 Å². The molecule has 1 saturated carbocycles. The number of carbonyl (C=O) groups is 2. The van der Waals surface area contributed by atoms with Gasteiger partial charge in [-0.05, 0) is 19.3 Å². The van der Waals surface area contributed by atoms with Crippen LogP contribution in [0.15, 0.2) is 6.07 Å². The molecule has 0 radical (unpaired) electrons. The molecule has 1 fully saturated rings. The van der Waals surface area contributed by atoms with E-state index < -0.39 is 40.9 Å². The van der Waals surface area contributed by atoms with Crippen molar-refractivity contribution < 1.29 is 31.9 Å². The third-order valence-electron chi connectivity index (χ3n) is 6.62. The normalized spacial score (nSPS) is 17.2. The van der Waals surface area contributed by atoms with Crippen molar-refractivity contribution >= 4 is 11.9 Å². The molecule has 198 valence electrons. The summed E-state index contributed by atoms with van der Waals surface area (Å²) in [5.74, 6) is -9.91. The van der Waals surface area contributed by atoms with Gasteiger partial charge in [0.2, 0.25) is 23.3 Å². The van der Waals surface area contributed by atoms with E-state index in [4.69, 9.17) is 0 Å². The zero-order valence-electron chi connectivity index (χ0n) is 20.8. The van der Waals surface area contributed by atoms with E-state index in [1.165, 1.54) is 64.2 Å². The van der Waals surface area contributed by atoms with Crippen LogP contribution >= 0.6 is 0 Å². The summed E-state index contributed by atoms with van der Waals surface area (Å²) >= 11 is 0. The highest BCUT2D eigenvalue weighted by atomic mass is 19.2. The van der Waals surface area contributed by atoms with Gasteiger partial charge >= 0.3 is 5.97 Å². The van der Waals surface area contributed by atoms with Gasteiger partial charge in [-0.15, -0.1) is 0 Å². The summed E-state index contributed by atoms with van der Waals surface area (Å²) in [5, 5.41) is 2.83. The van der Waals surface area contributed by atoms with Crippen LogP contribution in [0.2, 0.25) is 0 Å². The second-order valence-electron chi connectivity index (χ2n) is 9.64. The van der Waals surface area contributed by atoms with Gasteiger partial charge in [0.25, 0.3) is 0 Å². The van der Waals surface area contributed by atoms with Gasteiger partial charge in [0.1, 0.15) is 0 Å². The van der Waals surface area contributed by atoms with Crippen molar-refractivity contribution in [2.75, 3.05) is 0 Å². The lowest BCUT2D eigenvalue weighted by Crippen LogP contribution is -2.47. The molecule has 1 aromatic carbocycles. The first-order valence-electron chi connectivity index (χ1n) is 13.2. The largest absolute Gasteiger partial charge is 0.420 e. The molecule has 0 aromatic heterocycles. The maximum absolute atomic E-state index is 13.6. The predicted octanol–water partition coefficient (Wildman–Crippen LogP) is 7.52. The van der Waals surface area contributed by atoms with E-state index in [9.17, 15) is 27.2 Å². The summed E-state index contributed by atoms with van der Waals surface area (Å²) in [6.07, 6.45) is 16.9. The van der Waals surface area contributed by atoms with Crippen LogP contribution in [0.1, 0.15) is 110 Å². The molecule has 0 spiro atoms. The van der Waals surface area contributed by atoms with Gasteiger partial charge in [0.05, 0.1) is 5.92 Å². The van der Waals surface area contributed by atoms with E-state index in [0.717, 1.165) is 19.3 Å². The molecule has 4 nitrogen and oxygen atoms in total. The fraction of sp³-hybridized carbons (Fsp3) is 0.704. The minimum absolute atomic E-state index is 0.0498. The lowest BCUT2D eigenvalue weighted by atomic mass is 9.80. The zero-order valence-corrected chi connectivity index (χ0v) is 20.8. The van der Waals surface area contributed by atoms with Gasteiger partial charge in [0.15, 0.2) is 11.6 Å². The Labute approximate surface area is 206 Å². The summed E-state index contributed by atoms with van der Waals surface area (Å²) in [6, 6.07) is -0.172. The Hall–Kier alpha value is -2.12. The third kappa shape index (κ3) is 10.2. The van der Waals surface area contributed by atoms with E-state index in [1.807, 2.05) is 0 Å². The van der Waals surface area contributed by atoms with Gasteiger partial charge < -0.3 is 10.1 Å². The number of unbranched alkanes of at least 4 members (excludes halogenated alkanes) is 12. The Bertz CT molecular complexity index is 786. The molecule has 0 bridgehead atoms. The van der Waals surface area contributed by atoms with E-state index >= 15 is 0 Å². The number of hydrogen-bond acceptors (Lipinski definition) is 3. The van der Waals surface area contributed by atoms with Gasteiger partial charge in [-0.2, -0.15) is 8.78 Å². The maximum Gasteiger partial charge on any atom is 0.314 e. The predicted molar refractivity (Wildman–Crippen MR) is 127 cm³/mol. The first kappa shape index (κ1) is 29.1. The molecule has 1 amide bonds. The summed E-state index contributed by atoms with van der Waals surface area (Å²) < 4.78 is 58.3. The molecule has 0 saturated heterocycles. The molecular weight excluding hydrogens is 462 g/mol. The topological polar surface area (TPSA) is 55.4 Å². The Kier molecular flexibility index (Phi) is 13.1. The minimum atomic E-state index is -1.75. The van der Waals surface area contributed by atoms with Crippen molar-refractivity contribution in [3.63, 3.8) is 0 Å². The Balaban J connectivity index is 1.49. The van der Waals surface area contributed by atoms with E-state index in [0.29, 0.717) is 6.42 Å². The molecule has 0 unspecified atom stereocenters. The van der Waals surface area contributed by atoms with Gasteiger partial charge in [-0.25, -0.2) is 8.78 Å². The van der Waals surface area contributed by atoms with Crippen molar-refractivity contribution in [2.24, 2.45) is 5.92 Å². The van der Waals surface area contributed by atoms with Crippen LogP contribution < -0.4 is 10.1 Å². The van der Waals surface area contributed by atoms with E-state index in [-0.39, 0.29) is 30.9 Å². The highest BCUT2D eigenvalue weighted by Crippen LogP contribution is 2.32. The van der Waals surface area contributed by atoms with Crippen LogP contribution in [0.4, 0.5) is 17.6 Å². The molecular formula is C27H39F4NO3. The number of carbonyl (C=O) groups excluding carboxylic acids is 2. The number of nitrogens with one attached hydrogen (secondary N) is 1. The van der Waals surface area contributed by atoms with Crippen molar-refractivity contribution in [1.82, 2.24) is 5.32 Å². The summed E-state index contributed by atoms with van der Waals surface area (Å²) in [7, 11) is 0. The number of hydrogen-bond donors (Lipinski definition) is 1. The second kappa shape index (κ2) is 15.8. The van der Waals surface area contributed by atoms with Crippen LogP contribution in [0.3, 0.4) is 0 Å². The Morgan fingerprint density at radius 1 is 0.800 bits per heavy atom. The summed E-state index contributed by atoms with van der Waals surface area (Å²) in [6.45, 7) is 2.23. The molecule has 0 heterocycles. The third-order valence-corrected chi connectivity index (χ3v) is 6.62. The average molecular weight is 502 g/mol. The molecule has 0 aliphatic heterocycles. The smallest absolute Gasteiger partial charge is 0.314 e. The number of rotatable bonds is 17. The fourth-order valence-electron chi connectivity index (χ4n) is 4.36. The Morgan fingerprint density at radius 3 is 1.74 bits per heavy atom. The Morgan fingerprint density at radius 2 is 1.26 bits per heavy atom. The maximum atomic E-state index is 13.6. The SMILES string of the molecule is CCCCCCCCCCCCCCCC(=O)N[C@H]1C[C@@H](C(=O)Oc2c(F)c(F)cc(F)c2F)C1. The van der Waals surface area contributed by atoms with Crippen molar-refractivity contribution in [3.05, 3.63) is 29.3 Å². The highest BCUT2D eigenvalue weighted by Gasteiger charge is 2.37. The quantitative estimate of drug-likeness (QED) is 0.0789. The number of esters is 1. The van der Waals surface area contributed by atoms with Crippen LogP contribution in [0.5, 0.6) is 5.75 Å². The minimum Gasteiger partial charge on any atom is -0.420 e. The molecule has 1 N–H and O–H groups in total. The second-order valence-corrected chi connectivity index (χ2v) is 9.64. The lowest BCUT2D eigenvalue weighted by Gasteiger charge is -2.34. The van der Waals surface area contributed by atoms with Crippen molar-refractivity contribution in [2.45, 2.75) is 116 Å². The lowest BCUT2D eigenvalue weighted by molar-refractivity contribution is -0.144. The molecule has 1 aliphatic rings. The number of halogens is 4. The molecule has 2 rings (SSSR count). The van der Waals surface area contributed by atoms with Crippen molar-refractivity contribution in [3.8, 4) is 5.75 Å². The van der Waals surface area contributed by atoms with Crippen LogP contribution in [0.25, 0.3) is 0 Å². The average Bonchev–Trinajstić information content (AvgIpc) is 2.80. The van der Waals surface area contributed by atoms with Gasteiger partial charge in [-0.3, -0.25) is 9.59 Å². The summed E-state index contributed by atoms with van der Waals surface area (Å²) in [4.78, 5) is 24.1. The standard InChI is InChI=1S/C27H39F4NO3/c1-2-3-4-5-6-7-8-9-10-11-12-13-14-15-23(33)32-20-16-19(17-20)27(34)35-26-24(30)21(28)18-22(29)25(26)31/h18-20H,2-17H2,1H3,(H,32,33)/t19-,20+. The van der Waals surface area contributed by atoms with Gasteiger partial charge in [0, 0.05) is 18.5 Å². The van der Waals surface area contributed by atoms with Crippen LogP contribution in [-0.4, -0.2) is 17.9 Å². The van der Waals surface area contributed by atoms with Crippen molar-refractivity contribution in [1.29, 1.82) is 0 Å². The van der Waals surface area contributed by atoms with Crippen LogP contribution in [0, 0.1) is 29.2 Å². The van der Waals surface area contributed by atoms with Gasteiger partial charge in [-0.1, -0.05) is 84.0 Å². The van der Waals surface area contributed by atoms with E-state index in [1.54, 1.807) is 0 Å². The molecule has 8 heteroatoms. The van der Waals surface area contributed by atoms with Crippen LogP contribution in [-0.2, 0) is 9.59 Å². The first-order valence-corrected chi connectivity index (χ1v) is 13.2. The molecule has 35 heavy (non-hydrogen) atoms. The fourth-order valence-corrected chi connectivity index (χ4v) is 4.36. The number of amides is 1. The monoisotopic (exact) mass is 501 g/mol. The number of ether oxygens (including phenoxy) is 1. The zero-order chi connectivity index (χ0) is 25.6. The summed E-state index contributed by atoms with van der Waals surface area (Å²) in [5.41, 5.74) is 0. The molecule has 1 aliphatic carbocycles.